The highest BCUT2D eigenvalue weighted by molar-refractivity contribution is 7.14. The van der Waals surface area contributed by atoms with E-state index in [0.717, 1.165) is 16.4 Å². The molecule has 0 aromatic carbocycles. The third kappa shape index (κ3) is 3.82. The lowest BCUT2D eigenvalue weighted by Crippen LogP contribution is -2.14. The molecule has 0 atom stereocenters. The highest BCUT2D eigenvalue weighted by atomic mass is 32.1. The van der Waals surface area contributed by atoms with Gasteiger partial charge in [0.1, 0.15) is 5.01 Å². The number of thiazole rings is 2. The van der Waals surface area contributed by atoms with Crippen molar-refractivity contribution in [1.82, 2.24) is 9.97 Å². The molecule has 0 radical (unpaired) electrons. The first-order valence-electron chi connectivity index (χ1n) is 5.97. The van der Waals surface area contributed by atoms with Crippen LogP contribution in [0, 0.1) is 0 Å². The van der Waals surface area contributed by atoms with Crippen molar-refractivity contribution in [2.75, 3.05) is 5.32 Å². The van der Waals surface area contributed by atoms with Gasteiger partial charge >= 0.3 is 0 Å². The van der Waals surface area contributed by atoms with E-state index in [2.05, 4.69) is 29.1 Å². The molecule has 1 amide bonds. The van der Waals surface area contributed by atoms with E-state index < -0.39 is 0 Å². The Morgan fingerprint density at radius 2 is 2.16 bits per heavy atom. The van der Waals surface area contributed by atoms with Crippen LogP contribution in [0.4, 0.5) is 5.13 Å². The van der Waals surface area contributed by atoms with Gasteiger partial charge in [0, 0.05) is 17.3 Å². The van der Waals surface area contributed by atoms with Gasteiger partial charge < -0.3 is 11.1 Å². The average Bonchev–Trinajstić information content (AvgIpc) is 2.98. The van der Waals surface area contributed by atoms with E-state index in [1.807, 2.05) is 10.8 Å². The standard InChI is InChI=1S/C12H16N4OS2/c1-7(2)9-6-19-12(15-9)16-10(17)3-8-5-18-11(4-13)14-8/h5-7H,3-4,13H2,1-2H3,(H,15,16,17). The van der Waals surface area contributed by atoms with E-state index in [-0.39, 0.29) is 12.3 Å². The molecular formula is C12H16N4OS2. The largest absolute Gasteiger partial charge is 0.325 e. The molecule has 102 valence electrons. The van der Waals surface area contributed by atoms with Crippen molar-refractivity contribution in [2.24, 2.45) is 5.73 Å². The van der Waals surface area contributed by atoms with Gasteiger partial charge in [-0.1, -0.05) is 13.8 Å². The van der Waals surface area contributed by atoms with Crippen molar-refractivity contribution < 1.29 is 4.79 Å². The number of hydrogen-bond acceptors (Lipinski definition) is 6. The van der Waals surface area contributed by atoms with Crippen molar-refractivity contribution in [3.63, 3.8) is 0 Å². The van der Waals surface area contributed by atoms with Crippen LogP contribution in [-0.2, 0) is 17.8 Å². The van der Waals surface area contributed by atoms with Crippen LogP contribution in [0.15, 0.2) is 10.8 Å². The number of hydrogen-bond donors (Lipinski definition) is 2. The maximum atomic E-state index is 11.8. The first-order chi connectivity index (χ1) is 9.08. The van der Waals surface area contributed by atoms with Crippen LogP contribution < -0.4 is 11.1 Å². The van der Waals surface area contributed by atoms with Gasteiger partial charge in [-0.25, -0.2) is 9.97 Å². The Morgan fingerprint density at radius 3 is 2.74 bits per heavy atom. The van der Waals surface area contributed by atoms with Crippen LogP contribution in [0.3, 0.4) is 0 Å². The average molecular weight is 296 g/mol. The molecule has 0 aliphatic heterocycles. The van der Waals surface area contributed by atoms with Gasteiger partial charge in [0.15, 0.2) is 5.13 Å². The van der Waals surface area contributed by atoms with Gasteiger partial charge in [-0.2, -0.15) is 0 Å². The Hall–Kier alpha value is -1.31. The van der Waals surface area contributed by atoms with Crippen LogP contribution in [-0.4, -0.2) is 15.9 Å². The highest BCUT2D eigenvalue weighted by Gasteiger charge is 2.11. The van der Waals surface area contributed by atoms with Gasteiger partial charge in [0.05, 0.1) is 17.8 Å². The topological polar surface area (TPSA) is 80.9 Å². The summed E-state index contributed by atoms with van der Waals surface area (Å²) in [5.41, 5.74) is 7.24. The lowest BCUT2D eigenvalue weighted by molar-refractivity contribution is -0.115. The van der Waals surface area contributed by atoms with Crippen molar-refractivity contribution in [3.8, 4) is 0 Å². The quantitative estimate of drug-likeness (QED) is 0.887. The summed E-state index contributed by atoms with van der Waals surface area (Å²) < 4.78 is 0. The predicted octanol–water partition coefficient (Wildman–Crippen LogP) is 2.36. The summed E-state index contributed by atoms with van der Waals surface area (Å²) in [5.74, 6) is 0.270. The van der Waals surface area contributed by atoms with Crippen LogP contribution >= 0.6 is 22.7 Å². The number of rotatable bonds is 5. The molecule has 2 rings (SSSR count). The van der Waals surface area contributed by atoms with Crippen molar-refractivity contribution in [2.45, 2.75) is 32.7 Å². The molecule has 0 spiro atoms. The minimum absolute atomic E-state index is 0.0986. The molecule has 2 aromatic heterocycles. The van der Waals surface area contributed by atoms with Gasteiger partial charge in [0.25, 0.3) is 0 Å². The molecule has 0 bridgehead atoms. The summed E-state index contributed by atoms with van der Waals surface area (Å²) in [6.45, 7) is 4.56. The predicted molar refractivity (Wildman–Crippen MR) is 78.5 cm³/mol. The second-order valence-corrected chi connectivity index (χ2v) is 6.19. The molecule has 3 N–H and O–H groups in total. The summed E-state index contributed by atoms with van der Waals surface area (Å²) in [5, 5.41) is 8.12. The second-order valence-electron chi connectivity index (χ2n) is 4.39. The minimum atomic E-state index is -0.0986. The number of nitrogens with two attached hydrogens (primary N) is 1. The Balaban J connectivity index is 1.93. The molecule has 2 heterocycles. The molecule has 0 fully saturated rings. The summed E-state index contributed by atoms with van der Waals surface area (Å²) in [7, 11) is 0. The molecule has 0 saturated carbocycles. The van der Waals surface area contributed by atoms with E-state index in [9.17, 15) is 4.79 Å². The van der Waals surface area contributed by atoms with E-state index in [4.69, 9.17) is 5.73 Å². The summed E-state index contributed by atoms with van der Waals surface area (Å²) in [6.07, 6.45) is 0.257. The smallest absolute Gasteiger partial charge is 0.232 e. The highest BCUT2D eigenvalue weighted by Crippen LogP contribution is 2.21. The zero-order chi connectivity index (χ0) is 13.8. The van der Waals surface area contributed by atoms with Crippen LogP contribution in [0.5, 0.6) is 0 Å². The molecule has 0 unspecified atom stereocenters. The monoisotopic (exact) mass is 296 g/mol. The van der Waals surface area contributed by atoms with Crippen molar-refractivity contribution in [1.29, 1.82) is 0 Å². The number of nitrogens with zero attached hydrogens (tertiary/aromatic N) is 2. The number of carbonyl (C=O) groups excluding carboxylic acids is 1. The summed E-state index contributed by atoms with van der Waals surface area (Å²) in [6, 6.07) is 0. The molecule has 7 heteroatoms. The summed E-state index contributed by atoms with van der Waals surface area (Å²) in [4.78, 5) is 20.5. The van der Waals surface area contributed by atoms with E-state index in [0.29, 0.717) is 17.6 Å². The van der Waals surface area contributed by atoms with Crippen LogP contribution in [0.2, 0.25) is 0 Å². The van der Waals surface area contributed by atoms with Gasteiger partial charge in [-0.05, 0) is 5.92 Å². The molecule has 0 aliphatic carbocycles. The lowest BCUT2D eigenvalue weighted by atomic mass is 10.2. The van der Waals surface area contributed by atoms with Crippen molar-refractivity contribution >= 4 is 33.7 Å². The van der Waals surface area contributed by atoms with Crippen LogP contribution in [0.1, 0.15) is 36.2 Å². The first-order valence-corrected chi connectivity index (χ1v) is 7.73. The molecule has 5 nitrogen and oxygen atoms in total. The van der Waals surface area contributed by atoms with Crippen LogP contribution in [0.25, 0.3) is 0 Å². The number of amides is 1. The summed E-state index contributed by atoms with van der Waals surface area (Å²) >= 11 is 2.92. The Bertz CT molecular complexity index is 562. The zero-order valence-corrected chi connectivity index (χ0v) is 12.5. The minimum Gasteiger partial charge on any atom is -0.325 e. The third-order valence-electron chi connectivity index (χ3n) is 2.48. The lowest BCUT2D eigenvalue weighted by Gasteiger charge is -2.00. The van der Waals surface area contributed by atoms with Gasteiger partial charge in [-0.3, -0.25) is 4.79 Å². The number of aromatic nitrogens is 2. The van der Waals surface area contributed by atoms with E-state index in [1.165, 1.54) is 22.7 Å². The first kappa shape index (κ1) is 14.1. The Morgan fingerprint density at radius 1 is 1.37 bits per heavy atom. The SMILES string of the molecule is CC(C)c1csc(NC(=O)Cc2csc(CN)n2)n1. The second kappa shape index (κ2) is 6.23. The normalized spacial score (nSPS) is 10.9. The maximum Gasteiger partial charge on any atom is 0.232 e. The molecule has 2 aromatic rings. The third-order valence-corrected chi connectivity index (χ3v) is 4.17. The molecule has 0 aliphatic rings. The Kier molecular flexibility index (Phi) is 4.62. The molecular weight excluding hydrogens is 280 g/mol. The van der Waals surface area contributed by atoms with E-state index in [1.54, 1.807) is 0 Å². The fourth-order valence-electron chi connectivity index (χ4n) is 1.46. The molecule has 19 heavy (non-hydrogen) atoms. The Labute approximate surface area is 119 Å². The zero-order valence-electron chi connectivity index (χ0n) is 10.8. The fraction of sp³-hybridized carbons (Fsp3) is 0.417. The van der Waals surface area contributed by atoms with E-state index >= 15 is 0 Å². The number of carbonyl (C=O) groups is 1. The number of anilines is 1. The van der Waals surface area contributed by atoms with Gasteiger partial charge in [-0.15, -0.1) is 22.7 Å². The number of nitrogens with one attached hydrogen (secondary N) is 1. The van der Waals surface area contributed by atoms with Gasteiger partial charge in [0.2, 0.25) is 5.91 Å². The van der Waals surface area contributed by atoms with Crippen molar-refractivity contribution in [3.05, 3.63) is 27.2 Å². The molecule has 0 saturated heterocycles. The fourth-order valence-corrected chi connectivity index (χ4v) is 3.02. The maximum absolute atomic E-state index is 11.8.